The number of rotatable bonds is 4. The number of halogens is 1. The van der Waals surface area contributed by atoms with E-state index in [1.165, 1.54) is 12.1 Å². The fourth-order valence-electron chi connectivity index (χ4n) is 3.50. The molecule has 140 valence electrons. The second kappa shape index (κ2) is 6.98. The van der Waals surface area contributed by atoms with Crippen LogP contribution < -0.4 is 0 Å². The first kappa shape index (κ1) is 17.5. The van der Waals surface area contributed by atoms with E-state index in [4.69, 9.17) is 4.42 Å². The maximum atomic E-state index is 13.1. The summed E-state index contributed by atoms with van der Waals surface area (Å²) in [7, 11) is 0. The summed E-state index contributed by atoms with van der Waals surface area (Å²) in [4.78, 5) is 14.4. The first-order valence-electron chi connectivity index (χ1n) is 9.07. The predicted octanol–water partition coefficient (Wildman–Crippen LogP) is 3.58. The molecule has 1 aliphatic rings. The number of aromatic nitrogens is 3. The molecular weight excluding hydrogens is 347 g/mol. The number of likely N-dealkylation sites (tertiary alicyclic amines) is 1. The number of aryl methyl sites for hydroxylation is 1. The molecule has 0 atom stereocenters. The summed E-state index contributed by atoms with van der Waals surface area (Å²) >= 11 is 0. The molecule has 27 heavy (non-hydrogen) atoms. The van der Waals surface area contributed by atoms with Crippen molar-refractivity contribution in [2.45, 2.75) is 33.2 Å². The summed E-state index contributed by atoms with van der Waals surface area (Å²) in [6, 6.07) is 7.87. The van der Waals surface area contributed by atoms with E-state index in [2.05, 4.69) is 10.2 Å². The molecule has 0 N–H and O–H groups in total. The van der Waals surface area contributed by atoms with Crippen LogP contribution >= 0.6 is 0 Å². The molecule has 1 amide bonds. The Balaban J connectivity index is 1.59. The van der Waals surface area contributed by atoms with Crippen LogP contribution in [0.25, 0.3) is 22.9 Å². The van der Waals surface area contributed by atoms with Crippen molar-refractivity contribution in [3.8, 4) is 22.9 Å². The SMILES string of the molecule is Cc1cc(-c2nnc(-c3ccc(F)cc3)o2)c(C)n1CC(=O)N1CCCC1. The molecule has 1 saturated heterocycles. The van der Waals surface area contributed by atoms with Crippen LogP contribution in [0.1, 0.15) is 24.2 Å². The molecule has 1 fully saturated rings. The molecule has 4 rings (SSSR count). The lowest BCUT2D eigenvalue weighted by molar-refractivity contribution is -0.130. The second-order valence-corrected chi connectivity index (χ2v) is 6.88. The Labute approximate surface area is 156 Å². The van der Waals surface area contributed by atoms with Gasteiger partial charge in [-0.15, -0.1) is 10.2 Å². The van der Waals surface area contributed by atoms with Crippen molar-refractivity contribution >= 4 is 5.91 Å². The minimum absolute atomic E-state index is 0.137. The Morgan fingerprint density at radius 3 is 2.48 bits per heavy atom. The number of hydrogen-bond acceptors (Lipinski definition) is 4. The maximum Gasteiger partial charge on any atom is 0.249 e. The molecule has 3 heterocycles. The molecule has 0 aliphatic carbocycles. The van der Waals surface area contributed by atoms with Gasteiger partial charge in [-0.05, 0) is 57.0 Å². The second-order valence-electron chi connectivity index (χ2n) is 6.88. The third-order valence-corrected chi connectivity index (χ3v) is 5.07. The van der Waals surface area contributed by atoms with Gasteiger partial charge in [-0.25, -0.2) is 4.39 Å². The van der Waals surface area contributed by atoms with Crippen LogP contribution in [0, 0.1) is 19.7 Å². The summed E-state index contributed by atoms with van der Waals surface area (Å²) in [5.41, 5.74) is 3.35. The number of nitrogens with zero attached hydrogens (tertiary/aromatic N) is 4. The standard InChI is InChI=1S/C20H21FN4O2/c1-13-11-17(14(2)25(13)12-18(26)24-9-3-4-10-24)20-23-22-19(27-20)15-5-7-16(21)8-6-15/h5-8,11H,3-4,9-10,12H2,1-2H3. The molecule has 1 aliphatic heterocycles. The summed E-state index contributed by atoms with van der Waals surface area (Å²) < 4.78 is 20.9. The molecule has 0 bridgehead atoms. The van der Waals surface area contributed by atoms with Crippen molar-refractivity contribution in [1.29, 1.82) is 0 Å². The largest absolute Gasteiger partial charge is 0.416 e. The van der Waals surface area contributed by atoms with Crippen LogP contribution in [0.5, 0.6) is 0 Å². The Morgan fingerprint density at radius 2 is 1.78 bits per heavy atom. The first-order chi connectivity index (χ1) is 13.0. The van der Waals surface area contributed by atoms with Gasteiger partial charge in [0.15, 0.2) is 0 Å². The van der Waals surface area contributed by atoms with Crippen molar-refractivity contribution in [2.75, 3.05) is 13.1 Å². The van der Waals surface area contributed by atoms with Gasteiger partial charge in [0.2, 0.25) is 17.7 Å². The molecule has 7 heteroatoms. The fraction of sp³-hybridized carbons (Fsp3) is 0.350. The Hall–Kier alpha value is -2.96. The number of carbonyl (C=O) groups is 1. The lowest BCUT2D eigenvalue weighted by Crippen LogP contribution is -2.31. The molecule has 6 nitrogen and oxygen atoms in total. The summed E-state index contributed by atoms with van der Waals surface area (Å²) in [5.74, 6) is 0.549. The van der Waals surface area contributed by atoms with Gasteiger partial charge >= 0.3 is 0 Å². The van der Waals surface area contributed by atoms with Gasteiger partial charge in [-0.3, -0.25) is 4.79 Å². The van der Waals surface area contributed by atoms with E-state index in [1.807, 2.05) is 29.4 Å². The Morgan fingerprint density at radius 1 is 1.11 bits per heavy atom. The zero-order valence-electron chi connectivity index (χ0n) is 15.4. The molecule has 0 saturated carbocycles. The topological polar surface area (TPSA) is 64.2 Å². The van der Waals surface area contributed by atoms with E-state index in [0.29, 0.717) is 23.9 Å². The number of benzene rings is 1. The minimum Gasteiger partial charge on any atom is -0.416 e. The maximum absolute atomic E-state index is 13.1. The van der Waals surface area contributed by atoms with Gasteiger partial charge in [-0.1, -0.05) is 0 Å². The lowest BCUT2D eigenvalue weighted by atomic mass is 10.2. The highest BCUT2D eigenvalue weighted by molar-refractivity contribution is 5.77. The van der Waals surface area contributed by atoms with E-state index in [-0.39, 0.29) is 11.7 Å². The van der Waals surface area contributed by atoms with E-state index >= 15 is 0 Å². The van der Waals surface area contributed by atoms with Gasteiger partial charge in [0.25, 0.3) is 0 Å². The highest BCUT2D eigenvalue weighted by Crippen LogP contribution is 2.29. The molecule has 0 unspecified atom stereocenters. The van der Waals surface area contributed by atoms with Gasteiger partial charge in [-0.2, -0.15) is 0 Å². The quantitative estimate of drug-likeness (QED) is 0.706. The average Bonchev–Trinajstić information content (AvgIpc) is 3.39. The van der Waals surface area contributed by atoms with Crippen LogP contribution in [-0.2, 0) is 11.3 Å². The van der Waals surface area contributed by atoms with Crippen LogP contribution in [0.2, 0.25) is 0 Å². The summed E-state index contributed by atoms with van der Waals surface area (Å²) in [5, 5.41) is 8.21. The van der Waals surface area contributed by atoms with Crippen molar-refractivity contribution in [1.82, 2.24) is 19.7 Å². The number of carbonyl (C=O) groups excluding carboxylic acids is 1. The minimum atomic E-state index is -0.315. The number of amides is 1. The van der Waals surface area contributed by atoms with Crippen LogP contribution in [0.3, 0.4) is 0 Å². The predicted molar refractivity (Wildman–Crippen MR) is 98.4 cm³/mol. The van der Waals surface area contributed by atoms with Crippen molar-refractivity contribution in [2.24, 2.45) is 0 Å². The third-order valence-electron chi connectivity index (χ3n) is 5.07. The van der Waals surface area contributed by atoms with Crippen molar-refractivity contribution in [3.63, 3.8) is 0 Å². The van der Waals surface area contributed by atoms with Crippen molar-refractivity contribution in [3.05, 3.63) is 47.5 Å². The lowest BCUT2D eigenvalue weighted by Gasteiger charge is -2.17. The molecule has 0 spiro atoms. The van der Waals surface area contributed by atoms with Gasteiger partial charge in [0.05, 0.1) is 5.56 Å². The van der Waals surface area contributed by atoms with E-state index in [0.717, 1.165) is 42.9 Å². The monoisotopic (exact) mass is 368 g/mol. The molecule has 1 aromatic carbocycles. The van der Waals surface area contributed by atoms with Gasteiger partial charge in [0.1, 0.15) is 12.4 Å². The van der Waals surface area contributed by atoms with E-state index in [1.54, 1.807) is 12.1 Å². The van der Waals surface area contributed by atoms with Gasteiger partial charge < -0.3 is 13.9 Å². The van der Waals surface area contributed by atoms with E-state index < -0.39 is 0 Å². The molecular formula is C20H21FN4O2. The average molecular weight is 368 g/mol. The smallest absolute Gasteiger partial charge is 0.249 e. The van der Waals surface area contributed by atoms with E-state index in [9.17, 15) is 9.18 Å². The van der Waals surface area contributed by atoms with Crippen molar-refractivity contribution < 1.29 is 13.6 Å². The zero-order valence-corrected chi connectivity index (χ0v) is 15.4. The zero-order chi connectivity index (χ0) is 19.0. The first-order valence-corrected chi connectivity index (χ1v) is 9.07. The molecule has 2 aromatic heterocycles. The summed E-state index contributed by atoms with van der Waals surface area (Å²) in [6.07, 6.45) is 2.16. The van der Waals surface area contributed by atoms with Crippen LogP contribution in [0.15, 0.2) is 34.7 Å². The Bertz CT molecular complexity index is 969. The van der Waals surface area contributed by atoms with Crippen LogP contribution in [0.4, 0.5) is 4.39 Å². The molecule has 0 radical (unpaired) electrons. The van der Waals surface area contributed by atoms with Crippen LogP contribution in [-0.4, -0.2) is 38.7 Å². The highest BCUT2D eigenvalue weighted by atomic mass is 19.1. The normalized spacial score (nSPS) is 14.1. The number of hydrogen-bond donors (Lipinski definition) is 0. The fourth-order valence-corrected chi connectivity index (χ4v) is 3.50. The van der Waals surface area contributed by atoms with Gasteiger partial charge in [0, 0.05) is 30.0 Å². The Kier molecular flexibility index (Phi) is 4.51. The summed E-state index contributed by atoms with van der Waals surface area (Å²) in [6.45, 7) is 5.91. The highest BCUT2D eigenvalue weighted by Gasteiger charge is 2.22. The third kappa shape index (κ3) is 3.37. The molecule has 3 aromatic rings.